The molecule has 0 aliphatic heterocycles. The molecule has 0 atom stereocenters. The maximum absolute atomic E-state index is 8.80. The average Bonchev–Trinajstić information content (AvgIpc) is 2.04. The van der Waals surface area contributed by atoms with Crippen molar-refractivity contribution in [3.63, 3.8) is 0 Å². The molecule has 0 amide bonds. The van der Waals surface area contributed by atoms with E-state index >= 15 is 0 Å². The fraction of sp³-hybridized carbons (Fsp3) is 0.250. The van der Waals surface area contributed by atoms with Gasteiger partial charge in [0.15, 0.2) is 0 Å². The predicted octanol–water partition coefficient (Wildman–Crippen LogP) is 1.48. The van der Waals surface area contributed by atoms with Gasteiger partial charge in [0.1, 0.15) is 0 Å². The van der Waals surface area contributed by atoms with Crippen molar-refractivity contribution in [3.8, 4) is 0 Å². The summed E-state index contributed by atoms with van der Waals surface area (Å²) >= 11 is 1.64. The fourth-order valence-corrected chi connectivity index (χ4v) is 1.29. The van der Waals surface area contributed by atoms with Crippen molar-refractivity contribution in [1.29, 1.82) is 0 Å². The van der Waals surface area contributed by atoms with Crippen LogP contribution >= 0.6 is 11.8 Å². The second-order valence-corrected chi connectivity index (χ2v) is 3.10. The summed E-state index contributed by atoms with van der Waals surface area (Å²) in [4.78, 5) is 1.12. The van der Waals surface area contributed by atoms with Crippen molar-refractivity contribution in [1.82, 2.24) is 0 Å². The van der Waals surface area contributed by atoms with Crippen molar-refractivity contribution in [2.45, 2.75) is 11.5 Å². The predicted molar refractivity (Wildman–Crippen MR) is 48.6 cm³/mol. The van der Waals surface area contributed by atoms with Gasteiger partial charge < -0.3 is 10.8 Å². The van der Waals surface area contributed by atoms with Crippen molar-refractivity contribution in [3.05, 3.63) is 23.8 Å². The van der Waals surface area contributed by atoms with E-state index in [9.17, 15) is 0 Å². The first-order chi connectivity index (χ1) is 5.27. The molecule has 0 aliphatic carbocycles. The first-order valence-electron chi connectivity index (χ1n) is 3.31. The van der Waals surface area contributed by atoms with E-state index in [-0.39, 0.29) is 6.61 Å². The second kappa shape index (κ2) is 3.64. The van der Waals surface area contributed by atoms with Crippen LogP contribution in [-0.4, -0.2) is 11.4 Å². The number of aliphatic hydroxyl groups excluding tert-OH is 1. The quantitative estimate of drug-likeness (QED) is 0.520. The third kappa shape index (κ3) is 1.88. The molecule has 0 aromatic heterocycles. The molecular weight excluding hydrogens is 158 g/mol. The molecule has 0 fully saturated rings. The van der Waals surface area contributed by atoms with Gasteiger partial charge in [0.05, 0.1) is 6.61 Å². The number of hydrogen-bond acceptors (Lipinski definition) is 3. The standard InChI is InChI=1S/C8H11NOS/c1-11-7-3-2-6(5-10)8(9)4-7/h2-4,10H,5,9H2,1H3. The Morgan fingerprint density at radius 2 is 2.27 bits per heavy atom. The molecule has 0 bridgehead atoms. The number of hydrogen-bond donors (Lipinski definition) is 2. The Bertz CT molecular complexity index is 250. The summed E-state index contributed by atoms with van der Waals surface area (Å²) in [6, 6.07) is 5.67. The van der Waals surface area contributed by atoms with Crippen LogP contribution in [0.25, 0.3) is 0 Å². The molecule has 2 nitrogen and oxygen atoms in total. The number of thioether (sulfide) groups is 1. The minimum absolute atomic E-state index is 0.0144. The second-order valence-electron chi connectivity index (χ2n) is 2.22. The number of aliphatic hydroxyl groups is 1. The summed E-state index contributed by atoms with van der Waals surface area (Å²) in [6.45, 7) is 0.0144. The van der Waals surface area contributed by atoms with Crippen LogP contribution in [0.2, 0.25) is 0 Å². The number of rotatable bonds is 2. The number of anilines is 1. The fourth-order valence-electron chi connectivity index (χ4n) is 0.844. The van der Waals surface area contributed by atoms with Gasteiger partial charge in [0.2, 0.25) is 0 Å². The van der Waals surface area contributed by atoms with Crippen LogP contribution in [0.3, 0.4) is 0 Å². The molecule has 3 N–H and O–H groups in total. The highest BCUT2D eigenvalue weighted by molar-refractivity contribution is 7.98. The van der Waals surface area contributed by atoms with Crippen LogP contribution in [0.1, 0.15) is 5.56 Å². The molecule has 0 saturated carbocycles. The molecule has 1 rings (SSSR count). The molecule has 0 saturated heterocycles. The van der Waals surface area contributed by atoms with Gasteiger partial charge in [-0.05, 0) is 18.4 Å². The van der Waals surface area contributed by atoms with E-state index < -0.39 is 0 Å². The summed E-state index contributed by atoms with van der Waals surface area (Å²) in [6.07, 6.45) is 1.99. The van der Waals surface area contributed by atoms with E-state index in [0.717, 1.165) is 10.5 Å². The Kier molecular flexibility index (Phi) is 2.79. The average molecular weight is 169 g/mol. The molecule has 0 aliphatic rings. The van der Waals surface area contributed by atoms with Crippen molar-refractivity contribution >= 4 is 17.4 Å². The summed E-state index contributed by atoms with van der Waals surface area (Å²) in [5.41, 5.74) is 7.09. The lowest BCUT2D eigenvalue weighted by atomic mass is 10.2. The summed E-state index contributed by atoms with van der Waals surface area (Å²) in [7, 11) is 0. The Balaban J connectivity index is 2.99. The summed E-state index contributed by atoms with van der Waals surface area (Å²) < 4.78 is 0. The number of nitrogen functional groups attached to an aromatic ring is 1. The van der Waals surface area contributed by atoms with Gasteiger partial charge in [-0.1, -0.05) is 6.07 Å². The van der Waals surface area contributed by atoms with Crippen molar-refractivity contribution < 1.29 is 5.11 Å². The van der Waals surface area contributed by atoms with E-state index in [4.69, 9.17) is 10.8 Å². The van der Waals surface area contributed by atoms with Crippen molar-refractivity contribution in [2.24, 2.45) is 0 Å². The molecular formula is C8H11NOS. The van der Waals surface area contributed by atoms with Gasteiger partial charge in [-0.3, -0.25) is 0 Å². The molecule has 1 aromatic carbocycles. The lowest BCUT2D eigenvalue weighted by molar-refractivity contribution is 0.282. The Morgan fingerprint density at radius 1 is 1.55 bits per heavy atom. The van der Waals surface area contributed by atoms with Gasteiger partial charge in [0.25, 0.3) is 0 Å². The Morgan fingerprint density at radius 3 is 2.73 bits per heavy atom. The van der Waals surface area contributed by atoms with Crippen LogP contribution in [0, 0.1) is 0 Å². The molecule has 1 aromatic rings. The van der Waals surface area contributed by atoms with Gasteiger partial charge in [-0.2, -0.15) is 0 Å². The minimum atomic E-state index is 0.0144. The van der Waals surface area contributed by atoms with E-state index in [2.05, 4.69) is 0 Å². The zero-order valence-corrected chi connectivity index (χ0v) is 7.19. The maximum Gasteiger partial charge on any atom is 0.0701 e. The molecule has 0 radical (unpaired) electrons. The van der Waals surface area contributed by atoms with E-state index in [1.807, 2.05) is 24.5 Å². The Labute approximate surface area is 70.4 Å². The van der Waals surface area contributed by atoms with Crippen molar-refractivity contribution in [2.75, 3.05) is 12.0 Å². The maximum atomic E-state index is 8.80. The van der Waals surface area contributed by atoms with Crippen LogP contribution < -0.4 is 5.73 Å². The first-order valence-corrected chi connectivity index (χ1v) is 4.53. The van der Waals surface area contributed by atoms with Gasteiger partial charge in [0, 0.05) is 16.1 Å². The molecule has 0 spiro atoms. The highest BCUT2D eigenvalue weighted by atomic mass is 32.2. The van der Waals surface area contributed by atoms with Crippen LogP contribution in [0.15, 0.2) is 23.1 Å². The first kappa shape index (κ1) is 8.43. The molecule has 11 heavy (non-hydrogen) atoms. The van der Waals surface area contributed by atoms with E-state index in [1.165, 1.54) is 0 Å². The van der Waals surface area contributed by atoms with Gasteiger partial charge in [-0.15, -0.1) is 11.8 Å². The number of nitrogens with two attached hydrogens (primary N) is 1. The topological polar surface area (TPSA) is 46.2 Å². The minimum Gasteiger partial charge on any atom is -0.398 e. The largest absolute Gasteiger partial charge is 0.398 e. The van der Waals surface area contributed by atoms with Gasteiger partial charge >= 0.3 is 0 Å². The lowest BCUT2D eigenvalue weighted by Gasteiger charge is -2.03. The highest BCUT2D eigenvalue weighted by Gasteiger charge is 1.97. The zero-order chi connectivity index (χ0) is 8.27. The summed E-state index contributed by atoms with van der Waals surface area (Å²) in [5.74, 6) is 0. The third-order valence-electron chi connectivity index (χ3n) is 1.52. The SMILES string of the molecule is CSc1ccc(CO)c(N)c1. The van der Waals surface area contributed by atoms with Gasteiger partial charge in [-0.25, -0.2) is 0 Å². The monoisotopic (exact) mass is 169 g/mol. The zero-order valence-electron chi connectivity index (χ0n) is 6.37. The van der Waals surface area contributed by atoms with Crippen LogP contribution in [0.4, 0.5) is 5.69 Å². The lowest BCUT2D eigenvalue weighted by Crippen LogP contribution is -1.93. The molecule has 60 valence electrons. The Hall–Kier alpha value is -0.670. The molecule has 0 unspecified atom stereocenters. The highest BCUT2D eigenvalue weighted by Crippen LogP contribution is 2.20. The smallest absolute Gasteiger partial charge is 0.0701 e. The van der Waals surface area contributed by atoms with E-state index in [0.29, 0.717) is 5.69 Å². The third-order valence-corrected chi connectivity index (χ3v) is 2.25. The van der Waals surface area contributed by atoms with Crippen LogP contribution in [0.5, 0.6) is 0 Å². The number of benzene rings is 1. The molecule has 3 heteroatoms. The molecule has 0 heterocycles. The normalized spacial score (nSPS) is 10.0. The van der Waals surface area contributed by atoms with Crippen LogP contribution in [-0.2, 0) is 6.61 Å². The summed E-state index contributed by atoms with van der Waals surface area (Å²) in [5, 5.41) is 8.80. The van der Waals surface area contributed by atoms with E-state index in [1.54, 1.807) is 11.8 Å².